The highest BCUT2D eigenvalue weighted by Gasteiger charge is 2.27. The molecular weight excluding hydrogens is 571 g/mol. The van der Waals surface area contributed by atoms with Gasteiger partial charge in [0.05, 0.1) is 23.4 Å². The topological polar surface area (TPSA) is 93.0 Å². The monoisotopic (exact) mass is 598 g/mol. The molecule has 1 aromatic heterocycles. The van der Waals surface area contributed by atoms with Gasteiger partial charge in [0.25, 0.3) is 15.9 Å². The van der Waals surface area contributed by atoms with Crippen molar-refractivity contribution in [3.8, 4) is 11.4 Å². The fourth-order valence-corrected chi connectivity index (χ4v) is 5.93. The number of aromatic nitrogens is 1. The third-order valence-electron chi connectivity index (χ3n) is 6.05. The normalized spacial score (nSPS) is 11.5. The lowest BCUT2D eigenvalue weighted by molar-refractivity contribution is -0.119. The average Bonchev–Trinajstić information content (AvgIpc) is 3.20. The first-order chi connectivity index (χ1) is 19.1. The Balaban J connectivity index is 1.56. The second-order valence-electron chi connectivity index (χ2n) is 8.83. The lowest BCUT2D eigenvalue weighted by Gasteiger charge is -2.24. The van der Waals surface area contributed by atoms with Gasteiger partial charge in [0.15, 0.2) is 0 Å². The summed E-state index contributed by atoms with van der Waals surface area (Å²) in [4.78, 5) is 12.9. The zero-order valence-electron chi connectivity index (χ0n) is 22.1. The first-order valence-corrected chi connectivity index (χ1v) is 14.6. The number of hydrazone groups is 1. The van der Waals surface area contributed by atoms with Crippen LogP contribution in [0.15, 0.2) is 88.9 Å². The molecule has 0 spiro atoms. The van der Waals surface area contributed by atoms with Crippen LogP contribution in [0.5, 0.6) is 5.75 Å². The number of carbonyl (C=O) groups is 1. The van der Waals surface area contributed by atoms with Crippen molar-refractivity contribution in [3.63, 3.8) is 0 Å². The standard InChI is InChI=1S/C29H28Cl2N4O4S/c1-4-39-27-12-10-25(11-13-27)34(40(37,38)28-14-8-23(30)9-15-28)19-29(36)33-32-18-22-16-20(2)35(21(22)3)26-7-5-6-24(31)17-26/h5-18H,4,19H2,1-3H3,(H,33,36)/b32-18-. The molecule has 0 radical (unpaired) electrons. The lowest BCUT2D eigenvalue weighted by Crippen LogP contribution is -2.39. The first-order valence-electron chi connectivity index (χ1n) is 12.4. The van der Waals surface area contributed by atoms with E-state index in [1.807, 2.05) is 49.6 Å². The van der Waals surface area contributed by atoms with Crippen LogP contribution in [0, 0.1) is 13.8 Å². The number of anilines is 1. The number of benzene rings is 3. The summed E-state index contributed by atoms with van der Waals surface area (Å²) in [6.07, 6.45) is 1.52. The maximum atomic E-state index is 13.6. The molecule has 4 aromatic rings. The van der Waals surface area contributed by atoms with E-state index >= 15 is 0 Å². The average molecular weight is 600 g/mol. The quantitative estimate of drug-likeness (QED) is 0.175. The van der Waals surface area contributed by atoms with E-state index in [2.05, 4.69) is 10.5 Å². The highest BCUT2D eigenvalue weighted by Crippen LogP contribution is 2.27. The van der Waals surface area contributed by atoms with E-state index in [-0.39, 0.29) is 4.90 Å². The summed E-state index contributed by atoms with van der Waals surface area (Å²) in [5, 5.41) is 5.12. The first kappa shape index (κ1) is 29.2. The summed E-state index contributed by atoms with van der Waals surface area (Å²) in [6, 6.07) is 21.6. The highest BCUT2D eigenvalue weighted by molar-refractivity contribution is 7.92. The number of hydrogen-bond donors (Lipinski definition) is 1. The number of nitrogens with zero attached hydrogens (tertiary/aromatic N) is 3. The SMILES string of the molecule is CCOc1ccc(N(CC(=O)N/N=C\c2cc(C)n(-c3cccc(Cl)c3)c2C)S(=O)(=O)c2ccc(Cl)cc2)cc1. The van der Waals surface area contributed by atoms with E-state index in [9.17, 15) is 13.2 Å². The number of aryl methyl sites for hydroxylation is 1. The van der Waals surface area contributed by atoms with Gasteiger partial charge in [-0.3, -0.25) is 9.10 Å². The summed E-state index contributed by atoms with van der Waals surface area (Å²) in [7, 11) is -4.10. The predicted molar refractivity (Wildman–Crippen MR) is 160 cm³/mol. The van der Waals surface area contributed by atoms with Crippen LogP contribution in [-0.4, -0.2) is 38.3 Å². The van der Waals surface area contributed by atoms with Gasteiger partial charge in [-0.05, 0) is 93.6 Å². The van der Waals surface area contributed by atoms with Crippen LogP contribution in [0.25, 0.3) is 5.69 Å². The maximum Gasteiger partial charge on any atom is 0.264 e. The molecule has 3 aromatic carbocycles. The Kier molecular flexibility index (Phi) is 9.19. The van der Waals surface area contributed by atoms with Crippen LogP contribution in [0.2, 0.25) is 10.0 Å². The minimum Gasteiger partial charge on any atom is -0.494 e. The summed E-state index contributed by atoms with van der Waals surface area (Å²) < 4.78 is 35.6. The molecule has 0 aliphatic carbocycles. The third-order valence-corrected chi connectivity index (χ3v) is 8.33. The molecule has 4 rings (SSSR count). The number of halogens is 2. The lowest BCUT2D eigenvalue weighted by atomic mass is 10.2. The molecule has 40 heavy (non-hydrogen) atoms. The van der Waals surface area contributed by atoms with Crippen molar-refractivity contribution in [2.75, 3.05) is 17.5 Å². The summed E-state index contributed by atoms with van der Waals surface area (Å²) in [5.74, 6) is -0.0363. The minimum atomic E-state index is -4.10. The van der Waals surface area contributed by atoms with E-state index in [0.717, 1.165) is 26.9 Å². The molecule has 0 aliphatic rings. The Labute approximate surface area is 243 Å². The molecule has 1 amide bonds. The fraction of sp³-hybridized carbons (Fsp3) is 0.172. The van der Waals surface area contributed by atoms with E-state index in [4.69, 9.17) is 27.9 Å². The molecule has 0 bridgehead atoms. The molecule has 1 N–H and O–H groups in total. The Bertz CT molecular complexity index is 1630. The van der Waals surface area contributed by atoms with Crippen LogP contribution < -0.4 is 14.5 Å². The Hall–Kier alpha value is -3.79. The predicted octanol–water partition coefficient (Wildman–Crippen LogP) is 6.15. The molecule has 0 aliphatic heterocycles. The van der Waals surface area contributed by atoms with Crippen LogP contribution in [0.3, 0.4) is 0 Å². The van der Waals surface area contributed by atoms with Crippen molar-refractivity contribution in [1.82, 2.24) is 9.99 Å². The highest BCUT2D eigenvalue weighted by atomic mass is 35.5. The molecule has 1 heterocycles. The molecule has 0 atom stereocenters. The van der Waals surface area contributed by atoms with Crippen LogP contribution in [-0.2, 0) is 14.8 Å². The fourth-order valence-electron chi connectivity index (χ4n) is 4.19. The van der Waals surface area contributed by atoms with Gasteiger partial charge in [-0.15, -0.1) is 0 Å². The molecule has 0 saturated heterocycles. The van der Waals surface area contributed by atoms with E-state index in [1.54, 1.807) is 30.3 Å². The molecule has 11 heteroatoms. The van der Waals surface area contributed by atoms with Gasteiger partial charge < -0.3 is 9.30 Å². The van der Waals surface area contributed by atoms with Crippen LogP contribution in [0.4, 0.5) is 5.69 Å². The zero-order chi connectivity index (χ0) is 28.9. The van der Waals surface area contributed by atoms with Gasteiger partial charge in [-0.2, -0.15) is 5.10 Å². The van der Waals surface area contributed by atoms with Crippen molar-refractivity contribution < 1.29 is 17.9 Å². The summed E-state index contributed by atoms with van der Waals surface area (Å²) in [6.45, 7) is 5.71. The summed E-state index contributed by atoms with van der Waals surface area (Å²) >= 11 is 12.1. The molecule has 0 unspecified atom stereocenters. The Morgan fingerprint density at radius 2 is 1.70 bits per heavy atom. The number of rotatable bonds is 10. The summed E-state index contributed by atoms with van der Waals surface area (Å²) in [5.41, 5.74) is 6.30. The smallest absolute Gasteiger partial charge is 0.264 e. The Morgan fingerprint density at radius 1 is 1.00 bits per heavy atom. The Morgan fingerprint density at radius 3 is 2.35 bits per heavy atom. The minimum absolute atomic E-state index is 0.00413. The van der Waals surface area contributed by atoms with Gasteiger partial charge in [0.1, 0.15) is 12.3 Å². The largest absolute Gasteiger partial charge is 0.494 e. The van der Waals surface area contributed by atoms with Crippen molar-refractivity contribution in [2.24, 2.45) is 5.10 Å². The van der Waals surface area contributed by atoms with E-state index < -0.39 is 22.5 Å². The van der Waals surface area contributed by atoms with E-state index in [0.29, 0.717) is 28.1 Å². The van der Waals surface area contributed by atoms with Gasteiger partial charge >= 0.3 is 0 Å². The van der Waals surface area contributed by atoms with Crippen molar-refractivity contribution >= 4 is 51.0 Å². The second-order valence-corrected chi connectivity index (χ2v) is 11.6. The number of amides is 1. The van der Waals surface area contributed by atoms with Gasteiger partial charge in [-0.1, -0.05) is 29.3 Å². The van der Waals surface area contributed by atoms with Gasteiger partial charge in [0, 0.05) is 32.7 Å². The second kappa shape index (κ2) is 12.6. The zero-order valence-corrected chi connectivity index (χ0v) is 24.5. The number of carbonyl (C=O) groups excluding carboxylic acids is 1. The van der Waals surface area contributed by atoms with Crippen molar-refractivity contribution in [2.45, 2.75) is 25.7 Å². The van der Waals surface area contributed by atoms with Gasteiger partial charge in [-0.25, -0.2) is 13.8 Å². The van der Waals surface area contributed by atoms with Crippen LogP contribution in [0.1, 0.15) is 23.9 Å². The third kappa shape index (κ3) is 6.67. The molecule has 0 fully saturated rings. The number of sulfonamides is 1. The van der Waals surface area contributed by atoms with Crippen LogP contribution >= 0.6 is 23.2 Å². The van der Waals surface area contributed by atoms with Gasteiger partial charge in [0.2, 0.25) is 0 Å². The van der Waals surface area contributed by atoms with Crippen molar-refractivity contribution in [1.29, 1.82) is 0 Å². The number of hydrogen-bond acceptors (Lipinski definition) is 5. The maximum absolute atomic E-state index is 13.6. The number of ether oxygens (including phenoxy) is 1. The molecule has 0 saturated carbocycles. The number of nitrogens with one attached hydrogen (secondary N) is 1. The molecule has 8 nitrogen and oxygen atoms in total. The van der Waals surface area contributed by atoms with E-state index in [1.165, 1.54) is 30.5 Å². The molecule has 208 valence electrons. The van der Waals surface area contributed by atoms with Crippen molar-refractivity contribution in [3.05, 3.63) is 106 Å². The molecular formula is C29H28Cl2N4O4S.